The average molecular weight is 221 g/mol. The molecule has 1 N–H and O–H groups in total. The molecule has 0 amide bonds. The highest BCUT2D eigenvalue weighted by atomic mass is 16.4. The number of carbonyl (C=O) groups is 1. The minimum absolute atomic E-state index is 0.350. The second-order valence-electron chi connectivity index (χ2n) is 4.37. The lowest BCUT2D eigenvalue weighted by atomic mass is 9.83. The van der Waals surface area contributed by atoms with Gasteiger partial charge in [-0.25, -0.2) is 4.98 Å². The zero-order valence-corrected chi connectivity index (χ0v) is 9.26. The van der Waals surface area contributed by atoms with Crippen LogP contribution in [0.4, 0.5) is 0 Å². The van der Waals surface area contributed by atoms with Crippen molar-refractivity contribution >= 4 is 5.97 Å². The van der Waals surface area contributed by atoms with Crippen molar-refractivity contribution in [1.82, 2.24) is 15.2 Å². The van der Waals surface area contributed by atoms with Crippen LogP contribution >= 0.6 is 0 Å². The molecular weight excluding hydrogens is 206 g/mol. The van der Waals surface area contributed by atoms with Gasteiger partial charge in [-0.2, -0.15) is 5.10 Å². The van der Waals surface area contributed by atoms with Crippen molar-refractivity contribution in [3.05, 3.63) is 17.7 Å². The van der Waals surface area contributed by atoms with E-state index in [4.69, 9.17) is 5.11 Å². The molecule has 0 saturated heterocycles. The SMILES string of the molecule is CC(Cc1nncc(C2CCC2)n1)C(=O)O. The molecule has 1 atom stereocenters. The topological polar surface area (TPSA) is 76.0 Å². The van der Waals surface area contributed by atoms with Crippen LogP contribution in [-0.4, -0.2) is 26.3 Å². The van der Waals surface area contributed by atoms with E-state index >= 15 is 0 Å². The highest BCUT2D eigenvalue weighted by molar-refractivity contribution is 5.69. The summed E-state index contributed by atoms with van der Waals surface area (Å²) >= 11 is 0. The minimum Gasteiger partial charge on any atom is -0.481 e. The van der Waals surface area contributed by atoms with Crippen molar-refractivity contribution in [2.24, 2.45) is 5.92 Å². The van der Waals surface area contributed by atoms with Gasteiger partial charge in [-0.1, -0.05) is 13.3 Å². The molecule has 16 heavy (non-hydrogen) atoms. The van der Waals surface area contributed by atoms with Gasteiger partial charge in [0.15, 0.2) is 5.82 Å². The number of aliphatic carboxylic acids is 1. The van der Waals surface area contributed by atoms with E-state index in [9.17, 15) is 4.79 Å². The molecular formula is C11H15N3O2. The van der Waals surface area contributed by atoms with Crippen molar-refractivity contribution < 1.29 is 9.90 Å². The molecule has 5 heteroatoms. The molecule has 5 nitrogen and oxygen atoms in total. The van der Waals surface area contributed by atoms with Crippen molar-refractivity contribution in [2.45, 2.75) is 38.5 Å². The molecule has 1 saturated carbocycles. The molecule has 0 radical (unpaired) electrons. The van der Waals surface area contributed by atoms with Crippen LogP contribution in [-0.2, 0) is 11.2 Å². The number of hydrogen-bond donors (Lipinski definition) is 1. The lowest BCUT2D eigenvalue weighted by Crippen LogP contribution is -2.17. The van der Waals surface area contributed by atoms with Crippen LogP contribution in [0.2, 0.25) is 0 Å². The van der Waals surface area contributed by atoms with Crippen molar-refractivity contribution in [2.75, 3.05) is 0 Å². The summed E-state index contributed by atoms with van der Waals surface area (Å²) in [4.78, 5) is 15.1. The van der Waals surface area contributed by atoms with Gasteiger partial charge < -0.3 is 5.11 Å². The van der Waals surface area contributed by atoms with Gasteiger partial charge in [0.1, 0.15) is 0 Å². The molecule has 86 valence electrons. The van der Waals surface area contributed by atoms with Crippen LogP contribution in [0.25, 0.3) is 0 Å². The first-order chi connectivity index (χ1) is 7.66. The van der Waals surface area contributed by atoms with Crippen LogP contribution in [0.1, 0.15) is 43.6 Å². The normalized spacial score (nSPS) is 17.8. The number of carboxylic acids is 1. The number of hydrogen-bond acceptors (Lipinski definition) is 4. The first-order valence-corrected chi connectivity index (χ1v) is 5.58. The zero-order chi connectivity index (χ0) is 11.5. The Labute approximate surface area is 93.9 Å². The Kier molecular flexibility index (Phi) is 3.12. The second kappa shape index (κ2) is 4.55. The number of nitrogens with zero attached hydrogens (tertiary/aromatic N) is 3. The molecule has 0 aliphatic heterocycles. The Bertz CT molecular complexity index is 391. The fraction of sp³-hybridized carbons (Fsp3) is 0.636. The summed E-state index contributed by atoms with van der Waals surface area (Å²) in [6.07, 6.45) is 5.61. The van der Waals surface area contributed by atoms with E-state index in [1.807, 2.05) is 0 Å². The highest BCUT2D eigenvalue weighted by Crippen LogP contribution is 2.34. The van der Waals surface area contributed by atoms with Gasteiger partial charge >= 0.3 is 5.97 Å². The molecule has 1 aliphatic rings. The lowest BCUT2D eigenvalue weighted by Gasteiger charge is -2.24. The van der Waals surface area contributed by atoms with E-state index in [0.29, 0.717) is 18.2 Å². The number of aromatic nitrogens is 3. The second-order valence-corrected chi connectivity index (χ2v) is 4.37. The van der Waals surface area contributed by atoms with Gasteiger partial charge in [-0.15, -0.1) is 5.10 Å². The summed E-state index contributed by atoms with van der Waals surface area (Å²) in [5.41, 5.74) is 0.967. The third kappa shape index (κ3) is 2.35. The standard InChI is InChI=1S/C11H15N3O2/c1-7(11(15)16)5-10-13-9(6-12-14-10)8-3-2-4-8/h6-8H,2-5H2,1H3,(H,15,16). The largest absolute Gasteiger partial charge is 0.481 e. The summed E-state index contributed by atoms with van der Waals surface area (Å²) in [6.45, 7) is 1.65. The number of rotatable bonds is 4. The molecule has 1 aliphatic carbocycles. The van der Waals surface area contributed by atoms with E-state index < -0.39 is 11.9 Å². The Morgan fingerprint density at radius 2 is 2.38 bits per heavy atom. The van der Waals surface area contributed by atoms with Crippen molar-refractivity contribution in [3.8, 4) is 0 Å². The van der Waals surface area contributed by atoms with E-state index in [1.54, 1.807) is 13.1 Å². The third-order valence-corrected chi connectivity index (χ3v) is 3.06. The molecule has 0 aromatic carbocycles. The first-order valence-electron chi connectivity index (χ1n) is 5.58. The summed E-state index contributed by atoms with van der Waals surface area (Å²) in [5, 5.41) is 16.6. The Balaban J connectivity index is 2.06. The molecule has 0 bridgehead atoms. The van der Waals surface area contributed by atoms with E-state index in [1.165, 1.54) is 6.42 Å². The monoisotopic (exact) mass is 221 g/mol. The zero-order valence-electron chi connectivity index (χ0n) is 9.26. The molecule has 2 rings (SSSR count). The van der Waals surface area contributed by atoms with Crippen molar-refractivity contribution in [3.63, 3.8) is 0 Å². The summed E-state index contributed by atoms with van der Waals surface area (Å²) in [5.74, 6) is -0.232. The van der Waals surface area contributed by atoms with Crippen LogP contribution in [0.3, 0.4) is 0 Å². The lowest BCUT2D eigenvalue weighted by molar-refractivity contribution is -0.141. The van der Waals surface area contributed by atoms with Crippen LogP contribution in [0.5, 0.6) is 0 Å². The Hall–Kier alpha value is -1.52. The van der Waals surface area contributed by atoms with Crippen LogP contribution in [0, 0.1) is 5.92 Å². The van der Waals surface area contributed by atoms with Gasteiger partial charge in [0, 0.05) is 12.3 Å². The fourth-order valence-electron chi connectivity index (χ4n) is 1.70. The first kappa shape index (κ1) is 11.0. The predicted molar refractivity (Wildman–Crippen MR) is 56.9 cm³/mol. The van der Waals surface area contributed by atoms with Crippen LogP contribution < -0.4 is 0 Å². The summed E-state index contributed by atoms with van der Waals surface area (Å²) in [7, 11) is 0. The maximum atomic E-state index is 10.7. The molecule has 1 aromatic heterocycles. The smallest absolute Gasteiger partial charge is 0.306 e. The molecule has 1 fully saturated rings. The molecule has 1 unspecified atom stereocenters. The Morgan fingerprint density at radius 1 is 1.62 bits per heavy atom. The van der Waals surface area contributed by atoms with Crippen molar-refractivity contribution in [1.29, 1.82) is 0 Å². The predicted octanol–water partition coefficient (Wildman–Crippen LogP) is 1.40. The average Bonchev–Trinajstić information content (AvgIpc) is 2.15. The maximum Gasteiger partial charge on any atom is 0.306 e. The maximum absolute atomic E-state index is 10.7. The third-order valence-electron chi connectivity index (χ3n) is 3.06. The molecule has 1 heterocycles. The molecule has 0 spiro atoms. The van der Waals surface area contributed by atoms with E-state index in [-0.39, 0.29) is 0 Å². The number of carboxylic acid groups (broad SMARTS) is 1. The fourth-order valence-corrected chi connectivity index (χ4v) is 1.70. The van der Waals surface area contributed by atoms with E-state index in [2.05, 4.69) is 15.2 Å². The summed E-state index contributed by atoms with van der Waals surface area (Å²) < 4.78 is 0. The van der Waals surface area contributed by atoms with Gasteiger partial charge in [-0.05, 0) is 12.8 Å². The Morgan fingerprint density at radius 3 is 2.94 bits per heavy atom. The van der Waals surface area contributed by atoms with Crippen LogP contribution in [0.15, 0.2) is 6.20 Å². The van der Waals surface area contributed by atoms with Gasteiger partial charge in [0.25, 0.3) is 0 Å². The van der Waals surface area contributed by atoms with Gasteiger partial charge in [-0.3, -0.25) is 4.79 Å². The van der Waals surface area contributed by atoms with Gasteiger partial charge in [0.2, 0.25) is 0 Å². The highest BCUT2D eigenvalue weighted by Gasteiger charge is 2.22. The molecule has 1 aromatic rings. The quantitative estimate of drug-likeness (QED) is 0.831. The van der Waals surface area contributed by atoms with Gasteiger partial charge in [0.05, 0.1) is 17.8 Å². The summed E-state index contributed by atoms with van der Waals surface area (Å²) in [6, 6.07) is 0. The van der Waals surface area contributed by atoms with E-state index in [0.717, 1.165) is 18.5 Å². The minimum atomic E-state index is -0.822.